The molecule has 4 nitrogen and oxygen atoms in total. The van der Waals surface area contributed by atoms with Gasteiger partial charge in [0, 0.05) is 27.2 Å². The maximum atomic E-state index is 9.24. The molecule has 1 fully saturated rings. The fourth-order valence-electron chi connectivity index (χ4n) is 1.36. The van der Waals surface area contributed by atoms with Gasteiger partial charge in [0.05, 0.1) is 6.10 Å². The van der Waals surface area contributed by atoms with Crippen molar-refractivity contribution in [1.82, 2.24) is 9.80 Å². The average Bonchev–Trinajstić information content (AvgIpc) is 2.04. The lowest BCUT2D eigenvalue weighted by atomic mass is 10.1. The molecule has 0 saturated carbocycles. The van der Waals surface area contributed by atoms with Crippen LogP contribution in [-0.4, -0.2) is 54.2 Å². The Morgan fingerprint density at radius 3 is 2.23 bits per heavy atom. The Kier molecular flexibility index (Phi) is 5.10. The number of hydrogen-bond acceptors (Lipinski definition) is 2. The number of rotatable bonds is 0. The third-order valence-corrected chi connectivity index (χ3v) is 2.19. The predicted octanol–water partition coefficient (Wildman–Crippen LogP) is 0.361. The van der Waals surface area contributed by atoms with Crippen LogP contribution in [0.5, 0.6) is 0 Å². The Morgan fingerprint density at radius 1 is 1.38 bits per heavy atom. The van der Waals surface area contributed by atoms with E-state index >= 15 is 0 Å². The van der Waals surface area contributed by atoms with E-state index in [2.05, 4.69) is 0 Å². The molecule has 78 valence electrons. The number of piperidine rings is 1. The summed E-state index contributed by atoms with van der Waals surface area (Å²) >= 11 is 0. The molecule has 5 heteroatoms. The average molecular weight is 208 g/mol. The number of halogens is 1. The van der Waals surface area contributed by atoms with E-state index in [0.29, 0.717) is 5.96 Å². The highest BCUT2D eigenvalue weighted by Gasteiger charge is 2.19. The minimum Gasteiger partial charge on any atom is -0.393 e. The van der Waals surface area contributed by atoms with E-state index in [4.69, 9.17) is 5.41 Å². The van der Waals surface area contributed by atoms with Crippen LogP contribution in [-0.2, 0) is 0 Å². The molecular formula is C8H18ClN3O. The fraction of sp³-hybridized carbons (Fsp3) is 0.875. The monoisotopic (exact) mass is 207 g/mol. The highest BCUT2D eigenvalue weighted by molar-refractivity contribution is 5.85. The molecule has 1 aliphatic rings. The topological polar surface area (TPSA) is 50.6 Å². The molecule has 0 radical (unpaired) electrons. The van der Waals surface area contributed by atoms with Gasteiger partial charge in [-0.05, 0) is 12.8 Å². The molecule has 1 saturated heterocycles. The van der Waals surface area contributed by atoms with Crippen molar-refractivity contribution in [2.45, 2.75) is 18.9 Å². The van der Waals surface area contributed by atoms with Gasteiger partial charge in [-0.3, -0.25) is 5.41 Å². The molecule has 2 N–H and O–H groups in total. The van der Waals surface area contributed by atoms with Gasteiger partial charge in [-0.2, -0.15) is 0 Å². The van der Waals surface area contributed by atoms with Crippen molar-refractivity contribution in [2.24, 2.45) is 0 Å². The summed E-state index contributed by atoms with van der Waals surface area (Å²) in [6.45, 7) is 1.61. The second kappa shape index (κ2) is 5.29. The molecule has 13 heavy (non-hydrogen) atoms. The first-order valence-corrected chi connectivity index (χ1v) is 4.30. The van der Waals surface area contributed by atoms with Crippen LogP contribution >= 0.6 is 12.4 Å². The van der Waals surface area contributed by atoms with E-state index in [0.717, 1.165) is 25.9 Å². The van der Waals surface area contributed by atoms with E-state index in [1.165, 1.54) is 0 Å². The third-order valence-electron chi connectivity index (χ3n) is 2.19. The summed E-state index contributed by atoms with van der Waals surface area (Å²) in [5, 5.41) is 16.9. The van der Waals surface area contributed by atoms with Crippen molar-refractivity contribution < 1.29 is 5.11 Å². The maximum Gasteiger partial charge on any atom is 0.193 e. The normalized spacial score (nSPS) is 17.9. The van der Waals surface area contributed by atoms with Crippen LogP contribution in [0.2, 0.25) is 0 Å². The van der Waals surface area contributed by atoms with E-state index in [1.54, 1.807) is 4.90 Å². The molecule has 1 rings (SSSR count). The molecule has 1 heterocycles. The molecule has 0 aromatic rings. The molecular weight excluding hydrogens is 190 g/mol. The van der Waals surface area contributed by atoms with Gasteiger partial charge in [-0.15, -0.1) is 12.4 Å². The summed E-state index contributed by atoms with van der Waals surface area (Å²) < 4.78 is 0. The van der Waals surface area contributed by atoms with Gasteiger partial charge in [-0.25, -0.2) is 0 Å². The minimum absolute atomic E-state index is 0. The summed E-state index contributed by atoms with van der Waals surface area (Å²) in [6, 6.07) is 0. The fourth-order valence-corrected chi connectivity index (χ4v) is 1.36. The molecule has 1 aliphatic heterocycles. The number of aliphatic hydroxyl groups excluding tert-OH is 1. The molecule has 0 spiro atoms. The summed E-state index contributed by atoms with van der Waals surface area (Å²) in [7, 11) is 3.74. The molecule has 0 atom stereocenters. The first-order chi connectivity index (χ1) is 5.61. The van der Waals surface area contributed by atoms with Gasteiger partial charge < -0.3 is 14.9 Å². The van der Waals surface area contributed by atoms with Gasteiger partial charge in [0.25, 0.3) is 0 Å². The van der Waals surface area contributed by atoms with E-state index in [-0.39, 0.29) is 18.5 Å². The SMILES string of the molecule is CN(C)C(=N)N1CCC(O)CC1.Cl. The van der Waals surface area contributed by atoms with Gasteiger partial charge in [0.2, 0.25) is 0 Å². The van der Waals surface area contributed by atoms with E-state index < -0.39 is 0 Å². The van der Waals surface area contributed by atoms with Crippen LogP contribution in [0.1, 0.15) is 12.8 Å². The number of nitrogens with zero attached hydrogens (tertiary/aromatic N) is 2. The summed E-state index contributed by atoms with van der Waals surface area (Å²) in [5.74, 6) is 0.543. The van der Waals surface area contributed by atoms with Gasteiger partial charge in [0.15, 0.2) is 5.96 Å². The zero-order valence-corrected chi connectivity index (χ0v) is 8.97. The Bertz CT molecular complexity index is 167. The molecule has 0 aromatic heterocycles. The summed E-state index contributed by atoms with van der Waals surface area (Å²) in [5.41, 5.74) is 0. The molecule has 0 aliphatic carbocycles. The first kappa shape index (κ1) is 12.5. The van der Waals surface area contributed by atoms with Gasteiger partial charge in [0.1, 0.15) is 0 Å². The summed E-state index contributed by atoms with van der Waals surface area (Å²) in [4.78, 5) is 3.78. The van der Waals surface area contributed by atoms with Crippen LogP contribution < -0.4 is 0 Å². The predicted molar refractivity (Wildman–Crippen MR) is 55.5 cm³/mol. The number of hydrogen-bond donors (Lipinski definition) is 2. The maximum absolute atomic E-state index is 9.24. The largest absolute Gasteiger partial charge is 0.393 e. The lowest BCUT2D eigenvalue weighted by molar-refractivity contribution is 0.105. The molecule has 0 unspecified atom stereocenters. The Hall–Kier alpha value is -0.480. The van der Waals surface area contributed by atoms with Crippen molar-refractivity contribution in [1.29, 1.82) is 5.41 Å². The highest BCUT2D eigenvalue weighted by Crippen LogP contribution is 2.10. The Morgan fingerprint density at radius 2 is 1.85 bits per heavy atom. The van der Waals surface area contributed by atoms with E-state index in [9.17, 15) is 5.11 Å². The van der Waals surface area contributed by atoms with Crippen molar-refractivity contribution >= 4 is 18.4 Å². The van der Waals surface area contributed by atoms with Gasteiger partial charge >= 0.3 is 0 Å². The lowest BCUT2D eigenvalue weighted by Gasteiger charge is -2.33. The van der Waals surface area contributed by atoms with Crippen LogP contribution in [0.25, 0.3) is 0 Å². The number of nitrogens with one attached hydrogen (secondary N) is 1. The Balaban J connectivity index is 0.00000144. The third kappa shape index (κ3) is 3.40. The van der Waals surface area contributed by atoms with Crippen LogP contribution in [0, 0.1) is 5.41 Å². The summed E-state index contributed by atoms with van der Waals surface area (Å²) in [6.07, 6.45) is 1.42. The van der Waals surface area contributed by atoms with Crippen LogP contribution in [0.15, 0.2) is 0 Å². The molecule has 0 bridgehead atoms. The quantitative estimate of drug-likeness (QED) is 0.446. The van der Waals surface area contributed by atoms with Crippen molar-refractivity contribution in [3.05, 3.63) is 0 Å². The second-order valence-corrected chi connectivity index (χ2v) is 3.44. The van der Waals surface area contributed by atoms with Crippen LogP contribution in [0.4, 0.5) is 0 Å². The standard InChI is InChI=1S/C8H17N3O.ClH/c1-10(2)8(9)11-5-3-7(12)4-6-11;/h7,9,12H,3-6H2,1-2H3;1H. The lowest BCUT2D eigenvalue weighted by Crippen LogP contribution is -2.45. The Labute approximate surface area is 85.4 Å². The minimum atomic E-state index is -0.156. The zero-order chi connectivity index (χ0) is 9.14. The van der Waals surface area contributed by atoms with Gasteiger partial charge in [-0.1, -0.05) is 0 Å². The number of likely N-dealkylation sites (tertiary alicyclic amines) is 1. The zero-order valence-electron chi connectivity index (χ0n) is 8.16. The van der Waals surface area contributed by atoms with E-state index in [1.807, 2.05) is 19.0 Å². The number of guanidine groups is 1. The molecule has 0 amide bonds. The van der Waals surface area contributed by atoms with Crippen molar-refractivity contribution in [3.63, 3.8) is 0 Å². The van der Waals surface area contributed by atoms with Crippen molar-refractivity contribution in [2.75, 3.05) is 27.2 Å². The molecule has 0 aromatic carbocycles. The van der Waals surface area contributed by atoms with Crippen molar-refractivity contribution in [3.8, 4) is 0 Å². The van der Waals surface area contributed by atoms with Crippen LogP contribution in [0.3, 0.4) is 0 Å². The smallest absolute Gasteiger partial charge is 0.193 e. The number of aliphatic hydroxyl groups is 1. The second-order valence-electron chi connectivity index (χ2n) is 3.44. The first-order valence-electron chi connectivity index (χ1n) is 4.30. The highest BCUT2D eigenvalue weighted by atomic mass is 35.5.